The molecule has 94 valence electrons. The van der Waals surface area contributed by atoms with Crippen LogP contribution in [0.25, 0.3) is 0 Å². The molecule has 1 N–H and O–H groups in total. The first kappa shape index (κ1) is 12.5. The molecule has 2 heterocycles. The summed E-state index contributed by atoms with van der Waals surface area (Å²) in [6.45, 7) is 0. The van der Waals surface area contributed by atoms with Crippen LogP contribution in [0.2, 0.25) is 0 Å². The van der Waals surface area contributed by atoms with Gasteiger partial charge in [-0.25, -0.2) is 0 Å². The Morgan fingerprint density at radius 1 is 1.31 bits per heavy atom. The number of aliphatic hydroxyl groups is 1. The first-order valence-electron chi connectivity index (χ1n) is 5.75. The highest BCUT2D eigenvalue weighted by Gasteiger charge is 2.48. The van der Waals surface area contributed by atoms with E-state index >= 15 is 0 Å². The molecule has 2 bridgehead atoms. The second-order valence-electron chi connectivity index (χ2n) is 4.89. The van der Waals surface area contributed by atoms with Crippen molar-refractivity contribution in [1.29, 1.82) is 0 Å². The molecule has 2 atom stereocenters. The monoisotopic (exact) mass is 248 g/mol. The van der Waals surface area contributed by atoms with E-state index in [0.29, 0.717) is 19.3 Å². The number of fused-ring (bicyclic) bond motifs is 2. The topological polar surface area (TPSA) is 55.8 Å². The van der Waals surface area contributed by atoms with Gasteiger partial charge in [0.05, 0.1) is 5.60 Å². The molecular weight excluding hydrogens is 228 g/mol. The molecule has 0 aliphatic carbocycles. The molecule has 0 saturated carbocycles. The molecule has 0 radical (unpaired) electrons. The standard InChI is InChI=1S/C11H20O4S/c1-14-10(15-2)7-11(12)5-8-3-4-9(6-11)16(8)13/h8-10,12H,3-7H2,1-2H3. The lowest BCUT2D eigenvalue weighted by atomic mass is 9.90. The maximum atomic E-state index is 11.8. The molecule has 0 aromatic heterocycles. The zero-order valence-corrected chi connectivity index (χ0v) is 10.7. The molecule has 0 aromatic carbocycles. The van der Waals surface area contributed by atoms with Gasteiger partial charge in [-0.2, -0.15) is 0 Å². The van der Waals surface area contributed by atoms with Crippen LogP contribution in [0.15, 0.2) is 0 Å². The maximum absolute atomic E-state index is 11.8. The number of methoxy groups -OCH3 is 2. The van der Waals surface area contributed by atoms with Crippen LogP contribution in [0.3, 0.4) is 0 Å². The van der Waals surface area contributed by atoms with E-state index in [-0.39, 0.29) is 16.8 Å². The molecule has 2 aliphatic rings. The quantitative estimate of drug-likeness (QED) is 0.748. The van der Waals surface area contributed by atoms with Crippen LogP contribution in [-0.4, -0.2) is 45.9 Å². The largest absolute Gasteiger partial charge is 0.390 e. The summed E-state index contributed by atoms with van der Waals surface area (Å²) in [5, 5.41) is 10.9. The van der Waals surface area contributed by atoms with Gasteiger partial charge in [-0.15, -0.1) is 0 Å². The number of ether oxygens (including phenoxy) is 2. The summed E-state index contributed by atoms with van der Waals surface area (Å²) in [5.41, 5.74) is -0.754. The maximum Gasteiger partial charge on any atom is 0.159 e. The normalized spacial score (nSPS) is 42.9. The van der Waals surface area contributed by atoms with Gasteiger partial charge in [0.15, 0.2) is 6.29 Å². The predicted molar refractivity (Wildman–Crippen MR) is 61.6 cm³/mol. The fraction of sp³-hybridized carbons (Fsp3) is 1.00. The Balaban J connectivity index is 2.01. The van der Waals surface area contributed by atoms with Crippen LogP contribution < -0.4 is 0 Å². The van der Waals surface area contributed by atoms with Crippen molar-refractivity contribution in [2.45, 2.75) is 54.5 Å². The smallest absolute Gasteiger partial charge is 0.159 e. The Morgan fingerprint density at radius 3 is 2.25 bits per heavy atom. The molecule has 0 amide bonds. The third-order valence-corrected chi connectivity index (χ3v) is 5.87. The molecule has 0 aromatic rings. The van der Waals surface area contributed by atoms with Crippen molar-refractivity contribution < 1.29 is 18.8 Å². The molecule has 2 fully saturated rings. The Bertz CT molecular complexity index is 261. The van der Waals surface area contributed by atoms with E-state index in [1.165, 1.54) is 0 Å². The van der Waals surface area contributed by atoms with Gasteiger partial charge in [-0.3, -0.25) is 4.21 Å². The minimum atomic E-state index is -0.754. The molecule has 2 aliphatic heterocycles. The van der Waals surface area contributed by atoms with Crippen molar-refractivity contribution in [3.8, 4) is 0 Å². The van der Waals surface area contributed by atoms with Crippen LogP contribution in [0.4, 0.5) is 0 Å². The summed E-state index contributed by atoms with van der Waals surface area (Å²) in [7, 11) is 2.43. The van der Waals surface area contributed by atoms with E-state index in [9.17, 15) is 9.32 Å². The average Bonchev–Trinajstić information content (AvgIpc) is 2.51. The summed E-state index contributed by atoms with van der Waals surface area (Å²) in [6, 6.07) is 0. The number of hydrogen-bond donors (Lipinski definition) is 1. The van der Waals surface area contributed by atoms with E-state index in [1.54, 1.807) is 14.2 Å². The van der Waals surface area contributed by atoms with Crippen LogP contribution >= 0.6 is 0 Å². The van der Waals surface area contributed by atoms with E-state index in [2.05, 4.69) is 0 Å². The minimum absolute atomic E-state index is 0.179. The molecule has 2 unspecified atom stereocenters. The highest BCUT2D eigenvalue weighted by atomic mass is 32.2. The van der Waals surface area contributed by atoms with Gasteiger partial charge in [-0.05, 0) is 25.7 Å². The van der Waals surface area contributed by atoms with Gasteiger partial charge in [0.1, 0.15) is 0 Å². The minimum Gasteiger partial charge on any atom is -0.390 e. The van der Waals surface area contributed by atoms with Gasteiger partial charge in [-0.1, -0.05) is 0 Å². The zero-order valence-electron chi connectivity index (χ0n) is 9.85. The second-order valence-corrected chi connectivity index (χ2v) is 6.88. The SMILES string of the molecule is COC(CC1(O)CC2CCC(C1)S2=O)OC. The van der Waals surface area contributed by atoms with Gasteiger partial charge in [0.25, 0.3) is 0 Å². The van der Waals surface area contributed by atoms with E-state index < -0.39 is 16.4 Å². The summed E-state index contributed by atoms with van der Waals surface area (Å²) < 4.78 is 22.1. The Hall–Kier alpha value is 0.0300. The molecule has 2 saturated heterocycles. The molecule has 16 heavy (non-hydrogen) atoms. The highest BCUT2D eigenvalue weighted by Crippen LogP contribution is 2.42. The lowest BCUT2D eigenvalue weighted by Crippen LogP contribution is -2.45. The summed E-state index contributed by atoms with van der Waals surface area (Å²) in [5.74, 6) is 0. The first-order valence-corrected chi connectivity index (χ1v) is 7.03. The number of hydrogen-bond acceptors (Lipinski definition) is 4. The summed E-state index contributed by atoms with van der Waals surface area (Å²) in [6.07, 6.45) is 3.34. The predicted octanol–water partition coefficient (Wildman–Crippen LogP) is 0.800. The van der Waals surface area contributed by atoms with Gasteiger partial charge in [0, 0.05) is 41.9 Å². The van der Waals surface area contributed by atoms with Crippen molar-refractivity contribution >= 4 is 10.8 Å². The highest BCUT2D eigenvalue weighted by molar-refractivity contribution is 7.86. The van der Waals surface area contributed by atoms with Crippen molar-refractivity contribution in [3.05, 3.63) is 0 Å². The van der Waals surface area contributed by atoms with Crippen molar-refractivity contribution in [3.63, 3.8) is 0 Å². The van der Waals surface area contributed by atoms with E-state index in [4.69, 9.17) is 9.47 Å². The van der Waals surface area contributed by atoms with Gasteiger partial charge in [0.2, 0.25) is 0 Å². The molecule has 2 rings (SSSR count). The van der Waals surface area contributed by atoms with Crippen LogP contribution in [0.5, 0.6) is 0 Å². The Labute approximate surface area is 98.8 Å². The second kappa shape index (κ2) is 4.72. The fourth-order valence-corrected chi connectivity index (χ4v) is 5.15. The Kier molecular flexibility index (Phi) is 3.69. The fourth-order valence-electron chi connectivity index (χ4n) is 2.92. The van der Waals surface area contributed by atoms with Crippen LogP contribution in [0.1, 0.15) is 32.1 Å². The Morgan fingerprint density at radius 2 is 1.81 bits per heavy atom. The van der Waals surface area contributed by atoms with Crippen LogP contribution in [0, 0.1) is 0 Å². The number of rotatable bonds is 4. The summed E-state index contributed by atoms with van der Waals surface area (Å²) in [4.78, 5) is 0. The molecule has 5 heteroatoms. The van der Waals surface area contributed by atoms with Crippen molar-refractivity contribution in [2.75, 3.05) is 14.2 Å². The lowest BCUT2D eigenvalue weighted by molar-refractivity contribution is -0.146. The molecular formula is C11H20O4S. The van der Waals surface area contributed by atoms with Crippen LogP contribution in [-0.2, 0) is 20.3 Å². The summed E-state index contributed by atoms with van der Waals surface area (Å²) >= 11 is 0. The zero-order chi connectivity index (χ0) is 11.8. The van der Waals surface area contributed by atoms with Gasteiger partial charge < -0.3 is 14.6 Å². The molecule has 0 spiro atoms. The lowest BCUT2D eigenvalue weighted by Gasteiger charge is -2.37. The first-order chi connectivity index (χ1) is 7.58. The van der Waals surface area contributed by atoms with Crippen molar-refractivity contribution in [1.82, 2.24) is 0 Å². The van der Waals surface area contributed by atoms with E-state index in [0.717, 1.165) is 12.8 Å². The average molecular weight is 248 g/mol. The molecule has 4 nitrogen and oxygen atoms in total. The van der Waals surface area contributed by atoms with Gasteiger partial charge >= 0.3 is 0 Å². The third-order valence-electron chi connectivity index (χ3n) is 3.76. The van der Waals surface area contributed by atoms with Crippen molar-refractivity contribution in [2.24, 2.45) is 0 Å². The van der Waals surface area contributed by atoms with E-state index in [1.807, 2.05) is 0 Å². The third kappa shape index (κ3) is 2.32.